The van der Waals surface area contributed by atoms with E-state index in [9.17, 15) is 13.2 Å². The number of nitrogens with one attached hydrogen (secondary N) is 1. The van der Waals surface area contributed by atoms with Crippen LogP contribution in [0.4, 0.5) is 11.4 Å². The van der Waals surface area contributed by atoms with E-state index in [0.717, 1.165) is 0 Å². The lowest BCUT2D eigenvalue weighted by Crippen LogP contribution is -2.57. The number of carbonyl (C=O) groups is 1. The summed E-state index contributed by atoms with van der Waals surface area (Å²) >= 11 is 0. The third-order valence-corrected chi connectivity index (χ3v) is 7.70. The summed E-state index contributed by atoms with van der Waals surface area (Å²) in [5.74, 6) is 0.780. The summed E-state index contributed by atoms with van der Waals surface area (Å²) in [5, 5.41) is 2.76. The van der Waals surface area contributed by atoms with Crippen molar-refractivity contribution in [2.45, 2.75) is 44.5 Å². The molecule has 7 nitrogen and oxygen atoms in total. The summed E-state index contributed by atoms with van der Waals surface area (Å²) in [5.41, 5.74) is 1.04. The van der Waals surface area contributed by atoms with Gasteiger partial charge in [0.25, 0.3) is 0 Å². The summed E-state index contributed by atoms with van der Waals surface area (Å²) < 4.78 is 37.3. The van der Waals surface area contributed by atoms with Crippen LogP contribution in [0.15, 0.2) is 48.5 Å². The van der Waals surface area contributed by atoms with Gasteiger partial charge >= 0.3 is 0 Å². The maximum atomic E-state index is 13.4. The maximum Gasteiger partial charge on any atom is 0.249 e. The van der Waals surface area contributed by atoms with E-state index in [2.05, 4.69) is 5.32 Å². The summed E-state index contributed by atoms with van der Waals surface area (Å²) in [7, 11) is -2.37. The van der Waals surface area contributed by atoms with E-state index in [1.807, 2.05) is 13.8 Å². The molecule has 1 heterocycles. The van der Waals surface area contributed by atoms with Crippen molar-refractivity contribution in [3.8, 4) is 11.5 Å². The molecular formula is C22H28N2O5S. The molecule has 1 atom stereocenters. The number of hydrogen-bond donors (Lipinski definition) is 1. The number of methoxy groups -OCH3 is 1. The largest absolute Gasteiger partial charge is 0.497 e. The van der Waals surface area contributed by atoms with Crippen molar-refractivity contribution in [3.63, 3.8) is 0 Å². The van der Waals surface area contributed by atoms with Crippen LogP contribution in [0, 0.1) is 0 Å². The second-order valence-corrected chi connectivity index (χ2v) is 10.0. The van der Waals surface area contributed by atoms with Crippen molar-refractivity contribution in [2.75, 3.05) is 23.3 Å². The highest BCUT2D eigenvalue weighted by Gasteiger charge is 2.52. The molecule has 1 amide bonds. The van der Waals surface area contributed by atoms with Crippen molar-refractivity contribution in [2.24, 2.45) is 0 Å². The second kappa shape index (κ2) is 8.55. The molecule has 0 radical (unpaired) electrons. The first kappa shape index (κ1) is 22.0. The van der Waals surface area contributed by atoms with E-state index in [-0.39, 0.29) is 12.5 Å². The van der Waals surface area contributed by atoms with Gasteiger partial charge in [0, 0.05) is 12.2 Å². The predicted molar refractivity (Wildman–Crippen MR) is 118 cm³/mol. The van der Waals surface area contributed by atoms with Gasteiger partial charge in [0.05, 0.1) is 18.9 Å². The van der Waals surface area contributed by atoms with Crippen molar-refractivity contribution in [3.05, 3.63) is 48.5 Å². The molecule has 1 saturated heterocycles. The number of hydrogen-bond acceptors (Lipinski definition) is 5. The van der Waals surface area contributed by atoms with Crippen LogP contribution in [-0.4, -0.2) is 38.8 Å². The quantitative estimate of drug-likeness (QED) is 0.750. The molecule has 1 fully saturated rings. The second-order valence-electron chi connectivity index (χ2n) is 7.75. The number of carbonyl (C=O) groups excluding carboxylic acids is 1. The van der Waals surface area contributed by atoms with Crippen LogP contribution in [0.2, 0.25) is 0 Å². The van der Waals surface area contributed by atoms with E-state index in [1.54, 1.807) is 55.6 Å². The summed E-state index contributed by atoms with van der Waals surface area (Å²) in [6.45, 7) is 5.68. The molecule has 162 valence electrons. The van der Waals surface area contributed by atoms with Crippen LogP contribution in [0.3, 0.4) is 0 Å². The Morgan fingerprint density at radius 2 is 1.67 bits per heavy atom. The van der Waals surface area contributed by atoms with Crippen LogP contribution in [-0.2, 0) is 14.8 Å². The standard InChI is InChI=1S/C22H28N2O5S/c1-16(2)29-20-10-6-17(7-11-20)23-21(25)22(3)14-5-15-24(30(22,26)27)18-8-12-19(28-4)13-9-18/h6-13,16H,5,14-15H2,1-4H3,(H,23,25)/t22-/m1/s1. The van der Waals surface area contributed by atoms with Gasteiger partial charge in [-0.2, -0.15) is 0 Å². The zero-order valence-corrected chi connectivity index (χ0v) is 18.5. The highest BCUT2D eigenvalue weighted by molar-refractivity contribution is 7.95. The van der Waals surface area contributed by atoms with Gasteiger partial charge in [0.1, 0.15) is 11.5 Å². The molecule has 0 aromatic heterocycles. The average Bonchev–Trinajstić information content (AvgIpc) is 2.71. The van der Waals surface area contributed by atoms with Gasteiger partial charge in [-0.15, -0.1) is 0 Å². The number of amides is 1. The maximum absolute atomic E-state index is 13.4. The van der Waals surface area contributed by atoms with E-state index in [0.29, 0.717) is 35.8 Å². The van der Waals surface area contributed by atoms with E-state index < -0.39 is 20.7 Å². The lowest BCUT2D eigenvalue weighted by atomic mass is 10.0. The number of rotatable bonds is 6. The summed E-state index contributed by atoms with van der Waals surface area (Å²) in [6.07, 6.45) is 0.874. The molecule has 0 saturated carbocycles. The first-order valence-corrected chi connectivity index (χ1v) is 11.4. The molecule has 0 aliphatic carbocycles. The molecule has 2 aromatic rings. The Kier molecular flexibility index (Phi) is 6.26. The molecule has 0 spiro atoms. The highest BCUT2D eigenvalue weighted by atomic mass is 32.2. The van der Waals surface area contributed by atoms with E-state index in [4.69, 9.17) is 9.47 Å². The summed E-state index contributed by atoms with van der Waals surface area (Å²) in [6, 6.07) is 13.7. The van der Waals surface area contributed by atoms with Gasteiger partial charge in [-0.25, -0.2) is 8.42 Å². The number of benzene rings is 2. The van der Waals surface area contributed by atoms with Crippen LogP contribution in [0.1, 0.15) is 33.6 Å². The van der Waals surface area contributed by atoms with Gasteiger partial charge < -0.3 is 14.8 Å². The van der Waals surface area contributed by atoms with Crippen molar-refractivity contribution in [1.29, 1.82) is 0 Å². The number of anilines is 2. The summed E-state index contributed by atoms with van der Waals surface area (Å²) in [4.78, 5) is 13.1. The van der Waals surface area contributed by atoms with Crippen molar-refractivity contribution >= 4 is 27.3 Å². The fourth-order valence-corrected chi connectivity index (χ4v) is 5.39. The Morgan fingerprint density at radius 3 is 2.23 bits per heavy atom. The smallest absolute Gasteiger partial charge is 0.249 e. The number of sulfonamides is 1. The van der Waals surface area contributed by atoms with Crippen molar-refractivity contribution < 1.29 is 22.7 Å². The molecule has 8 heteroatoms. The topological polar surface area (TPSA) is 84.9 Å². The minimum Gasteiger partial charge on any atom is -0.497 e. The Morgan fingerprint density at radius 1 is 1.07 bits per heavy atom. The van der Waals surface area contributed by atoms with E-state index >= 15 is 0 Å². The normalized spacial score (nSPS) is 20.6. The molecule has 3 rings (SSSR count). The predicted octanol–water partition coefficient (Wildman–Crippen LogP) is 3.81. The monoisotopic (exact) mass is 432 g/mol. The van der Waals surface area contributed by atoms with Gasteiger partial charge in [0.15, 0.2) is 4.75 Å². The molecule has 1 aliphatic rings. The zero-order chi connectivity index (χ0) is 21.9. The number of ether oxygens (including phenoxy) is 2. The number of nitrogens with zero attached hydrogens (tertiary/aromatic N) is 1. The first-order valence-electron chi connectivity index (χ1n) is 9.92. The minimum atomic E-state index is -3.92. The molecule has 0 bridgehead atoms. The minimum absolute atomic E-state index is 0.0423. The molecule has 30 heavy (non-hydrogen) atoms. The van der Waals surface area contributed by atoms with Gasteiger partial charge in [0.2, 0.25) is 15.9 Å². The van der Waals surface area contributed by atoms with Gasteiger partial charge in [-0.1, -0.05) is 0 Å². The lowest BCUT2D eigenvalue weighted by molar-refractivity contribution is -0.118. The van der Waals surface area contributed by atoms with E-state index in [1.165, 1.54) is 11.2 Å². The average molecular weight is 433 g/mol. The Hall–Kier alpha value is -2.74. The van der Waals surface area contributed by atoms with Crippen LogP contribution < -0.4 is 19.1 Å². The molecular weight excluding hydrogens is 404 g/mol. The zero-order valence-electron chi connectivity index (χ0n) is 17.7. The third kappa shape index (κ3) is 4.23. The molecule has 0 unspecified atom stereocenters. The van der Waals surface area contributed by atoms with Crippen LogP contribution in [0.5, 0.6) is 11.5 Å². The Balaban J connectivity index is 1.81. The highest BCUT2D eigenvalue weighted by Crippen LogP contribution is 2.36. The Bertz CT molecular complexity index is 987. The molecule has 1 aliphatic heterocycles. The molecule has 1 N–H and O–H groups in total. The van der Waals surface area contributed by atoms with Gasteiger partial charge in [-0.05, 0) is 82.1 Å². The fraction of sp³-hybridized carbons (Fsp3) is 0.409. The molecule has 2 aromatic carbocycles. The SMILES string of the molecule is COc1ccc(N2CCC[C@](C)(C(=O)Nc3ccc(OC(C)C)cc3)S2(=O)=O)cc1. The van der Waals surface area contributed by atoms with Crippen LogP contribution >= 0.6 is 0 Å². The van der Waals surface area contributed by atoms with Gasteiger partial charge in [-0.3, -0.25) is 9.10 Å². The van der Waals surface area contributed by atoms with Crippen LogP contribution in [0.25, 0.3) is 0 Å². The Labute approximate surface area is 178 Å². The first-order chi connectivity index (χ1) is 14.2. The lowest BCUT2D eigenvalue weighted by Gasteiger charge is -2.39. The van der Waals surface area contributed by atoms with Crippen molar-refractivity contribution in [1.82, 2.24) is 0 Å². The fourth-order valence-electron chi connectivity index (χ4n) is 3.45. The third-order valence-electron chi connectivity index (χ3n) is 5.20.